The molecule has 1 fully saturated rings. The molecule has 6 nitrogen and oxygen atoms in total. The quantitative estimate of drug-likeness (QED) is 0.797. The summed E-state index contributed by atoms with van der Waals surface area (Å²) in [5.41, 5.74) is 4.60. The summed E-state index contributed by atoms with van der Waals surface area (Å²) in [5.74, 6) is -1.50. The van der Waals surface area contributed by atoms with Gasteiger partial charge in [0.1, 0.15) is 5.82 Å². The first-order valence-corrected chi connectivity index (χ1v) is 8.00. The van der Waals surface area contributed by atoms with E-state index in [4.69, 9.17) is 5.73 Å². The van der Waals surface area contributed by atoms with Gasteiger partial charge in [0.25, 0.3) is 5.91 Å². The predicted octanol–water partition coefficient (Wildman–Crippen LogP) is 2.89. The maximum Gasteiger partial charge on any atom is 0.417 e. The largest absolute Gasteiger partial charge is 0.465 e. The molecule has 0 atom stereocenters. The molecular formula is C18H16F3N3O3. The normalized spacial score (nSPS) is 15.1. The van der Waals surface area contributed by atoms with Crippen molar-refractivity contribution in [2.75, 3.05) is 12.8 Å². The van der Waals surface area contributed by atoms with Crippen LogP contribution in [0, 0.1) is 0 Å². The lowest BCUT2D eigenvalue weighted by atomic mass is 10.0. The van der Waals surface area contributed by atoms with E-state index in [2.05, 4.69) is 15.0 Å². The zero-order chi connectivity index (χ0) is 19.8. The number of alkyl halides is 3. The Morgan fingerprint density at radius 2 is 1.85 bits per heavy atom. The molecule has 1 aromatic heterocycles. The molecule has 1 heterocycles. The second kappa shape index (κ2) is 6.57. The fraction of sp³-hybridized carbons (Fsp3) is 0.278. The first-order chi connectivity index (χ1) is 12.7. The van der Waals surface area contributed by atoms with E-state index in [1.807, 2.05) is 0 Å². The highest BCUT2D eigenvalue weighted by Gasteiger charge is 2.46. The number of anilines is 1. The molecule has 1 amide bonds. The van der Waals surface area contributed by atoms with Crippen LogP contribution in [-0.2, 0) is 16.5 Å². The van der Waals surface area contributed by atoms with Crippen LogP contribution in [0.1, 0.15) is 44.7 Å². The monoisotopic (exact) mass is 379 g/mol. The molecular weight excluding hydrogens is 363 g/mol. The zero-order valence-electron chi connectivity index (χ0n) is 14.3. The lowest BCUT2D eigenvalue weighted by Gasteiger charge is -2.19. The fourth-order valence-electron chi connectivity index (χ4n) is 2.75. The predicted molar refractivity (Wildman–Crippen MR) is 89.8 cm³/mol. The van der Waals surface area contributed by atoms with Crippen LogP contribution in [0.15, 0.2) is 36.5 Å². The molecule has 0 spiro atoms. The minimum absolute atomic E-state index is 0.280. The van der Waals surface area contributed by atoms with Gasteiger partial charge in [0.2, 0.25) is 0 Å². The number of benzene rings is 1. The Hall–Kier alpha value is -3.10. The molecule has 1 aliphatic rings. The minimum Gasteiger partial charge on any atom is -0.465 e. The van der Waals surface area contributed by atoms with E-state index >= 15 is 0 Å². The van der Waals surface area contributed by atoms with Gasteiger partial charge < -0.3 is 15.8 Å². The van der Waals surface area contributed by atoms with E-state index in [9.17, 15) is 22.8 Å². The molecule has 0 aliphatic heterocycles. The van der Waals surface area contributed by atoms with E-state index in [1.165, 1.54) is 7.11 Å². The molecule has 0 bridgehead atoms. The summed E-state index contributed by atoms with van der Waals surface area (Å²) in [7, 11) is 1.27. The number of carbonyl (C=O) groups excluding carboxylic acids is 2. The van der Waals surface area contributed by atoms with Gasteiger partial charge in [0.15, 0.2) is 0 Å². The molecule has 0 saturated heterocycles. The topological polar surface area (TPSA) is 94.3 Å². The molecule has 3 rings (SSSR count). The first kappa shape index (κ1) is 18.7. The van der Waals surface area contributed by atoms with Crippen molar-refractivity contribution in [3.05, 3.63) is 58.8 Å². The number of halogens is 3. The van der Waals surface area contributed by atoms with Crippen molar-refractivity contribution in [1.29, 1.82) is 0 Å². The number of nitrogen functional groups attached to an aromatic ring is 1. The van der Waals surface area contributed by atoms with Crippen LogP contribution in [0.25, 0.3) is 0 Å². The van der Waals surface area contributed by atoms with Crippen LogP contribution < -0.4 is 11.1 Å². The summed E-state index contributed by atoms with van der Waals surface area (Å²) in [6, 6.07) is 7.16. The lowest BCUT2D eigenvalue weighted by molar-refractivity contribution is -0.137. The Bertz CT molecular complexity index is 891. The van der Waals surface area contributed by atoms with Crippen molar-refractivity contribution in [2.45, 2.75) is 24.6 Å². The second-order valence-electron chi connectivity index (χ2n) is 6.26. The Balaban J connectivity index is 1.83. The van der Waals surface area contributed by atoms with Crippen LogP contribution in [0.3, 0.4) is 0 Å². The van der Waals surface area contributed by atoms with Crippen LogP contribution in [0.2, 0.25) is 0 Å². The van der Waals surface area contributed by atoms with Gasteiger partial charge in [-0.05, 0) is 36.6 Å². The first-order valence-electron chi connectivity index (χ1n) is 8.00. The summed E-state index contributed by atoms with van der Waals surface area (Å²) in [6.45, 7) is 0. The van der Waals surface area contributed by atoms with Crippen LogP contribution in [-0.4, -0.2) is 24.0 Å². The molecule has 0 radical (unpaired) electrons. The number of carbonyl (C=O) groups is 2. The SMILES string of the molecule is COC(=O)c1ccc(C2(NC(=O)c3cc(C(F)(F)F)cnc3N)CC2)cc1. The highest BCUT2D eigenvalue weighted by atomic mass is 19.4. The number of nitrogens with zero attached hydrogens (tertiary/aromatic N) is 1. The van der Waals surface area contributed by atoms with E-state index in [0.29, 0.717) is 30.7 Å². The number of rotatable bonds is 4. The lowest BCUT2D eigenvalue weighted by Crippen LogP contribution is -2.35. The Kier molecular flexibility index (Phi) is 4.54. The highest BCUT2D eigenvalue weighted by molar-refractivity contribution is 5.99. The van der Waals surface area contributed by atoms with Crippen LogP contribution >= 0.6 is 0 Å². The van der Waals surface area contributed by atoms with Gasteiger partial charge in [0.05, 0.1) is 29.3 Å². The van der Waals surface area contributed by atoms with Gasteiger partial charge in [-0.3, -0.25) is 4.79 Å². The maximum atomic E-state index is 12.9. The molecule has 1 saturated carbocycles. The molecule has 9 heteroatoms. The second-order valence-corrected chi connectivity index (χ2v) is 6.26. The molecule has 3 N–H and O–H groups in total. The van der Waals surface area contributed by atoms with E-state index in [1.54, 1.807) is 24.3 Å². The summed E-state index contributed by atoms with van der Waals surface area (Å²) < 4.78 is 43.2. The number of nitrogens with two attached hydrogens (primary N) is 1. The van der Waals surface area contributed by atoms with Crippen molar-refractivity contribution in [3.63, 3.8) is 0 Å². The van der Waals surface area contributed by atoms with Crippen molar-refractivity contribution in [2.24, 2.45) is 0 Å². The fourth-order valence-corrected chi connectivity index (χ4v) is 2.75. The number of nitrogens with one attached hydrogen (secondary N) is 1. The van der Waals surface area contributed by atoms with Gasteiger partial charge >= 0.3 is 12.1 Å². The molecule has 1 aliphatic carbocycles. The van der Waals surface area contributed by atoms with Gasteiger partial charge in [0, 0.05) is 6.20 Å². The van der Waals surface area contributed by atoms with Crippen LogP contribution in [0.5, 0.6) is 0 Å². The number of ether oxygens (including phenoxy) is 1. The standard InChI is InChI=1S/C18H16F3N3O3/c1-27-16(26)10-2-4-11(5-3-10)17(6-7-17)24-15(25)13-8-12(18(19,20)21)9-23-14(13)22/h2-5,8-9H,6-7H2,1H3,(H2,22,23)(H,24,25). The van der Waals surface area contributed by atoms with Crippen molar-refractivity contribution < 1.29 is 27.5 Å². The molecule has 142 valence electrons. The number of hydrogen-bond acceptors (Lipinski definition) is 5. The molecule has 1 aromatic carbocycles. The Morgan fingerprint density at radius 1 is 1.22 bits per heavy atom. The zero-order valence-corrected chi connectivity index (χ0v) is 14.3. The Morgan fingerprint density at radius 3 is 2.37 bits per heavy atom. The van der Waals surface area contributed by atoms with Gasteiger partial charge in [-0.1, -0.05) is 12.1 Å². The van der Waals surface area contributed by atoms with Gasteiger partial charge in [-0.2, -0.15) is 13.2 Å². The van der Waals surface area contributed by atoms with E-state index in [0.717, 1.165) is 5.56 Å². The number of pyridine rings is 1. The molecule has 2 aromatic rings. The average molecular weight is 379 g/mol. The summed E-state index contributed by atoms with van der Waals surface area (Å²) in [5, 5.41) is 2.74. The minimum atomic E-state index is -4.63. The third-order valence-electron chi connectivity index (χ3n) is 4.45. The summed E-state index contributed by atoms with van der Waals surface area (Å²) in [6.07, 6.45) is -2.81. The average Bonchev–Trinajstić information content (AvgIpc) is 3.41. The number of amides is 1. The number of aromatic nitrogens is 1. The summed E-state index contributed by atoms with van der Waals surface area (Å²) in [4.78, 5) is 27.5. The van der Waals surface area contributed by atoms with E-state index in [-0.39, 0.29) is 11.4 Å². The Labute approximate surface area is 152 Å². The van der Waals surface area contributed by atoms with Crippen molar-refractivity contribution >= 4 is 17.7 Å². The number of esters is 1. The smallest absolute Gasteiger partial charge is 0.417 e. The third-order valence-corrected chi connectivity index (χ3v) is 4.45. The summed E-state index contributed by atoms with van der Waals surface area (Å²) >= 11 is 0. The third kappa shape index (κ3) is 3.71. The maximum absolute atomic E-state index is 12.9. The number of methoxy groups -OCH3 is 1. The highest BCUT2D eigenvalue weighted by Crippen LogP contribution is 2.46. The van der Waals surface area contributed by atoms with Crippen molar-refractivity contribution in [1.82, 2.24) is 10.3 Å². The van der Waals surface area contributed by atoms with Gasteiger partial charge in [-0.25, -0.2) is 9.78 Å². The van der Waals surface area contributed by atoms with Gasteiger partial charge in [-0.15, -0.1) is 0 Å². The molecule has 27 heavy (non-hydrogen) atoms. The van der Waals surface area contributed by atoms with E-state index < -0.39 is 29.2 Å². The molecule has 0 unspecified atom stereocenters. The van der Waals surface area contributed by atoms with Crippen molar-refractivity contribution in [3.8, 4) is 0 Å². The van der Waals surface area contributed by atoms with Crippen LogP contribution in [0.4, 0.5) is 19.0 Å². The number of hydrogen-bond donors (Lipinski definition) is 2.